The molecule has 0 aromatic heterocycles. The highest BCUT2D eigenvalue weighted by Gasteiger charge is 2.07. The maximum absolute atomic E-state index is 12.8. The van der Waals surface area contributed by atoms with Gasteiger partial charge in [0.1, 0.15) is 5.82 Å². The Hall–Kier alpha value is -2.34. The van der Waals surface area contributed by atoms with Gasteiger partial charge in [-0.25, -0.2) is 4.39 Å². The van der Waals surface area contributed by atoms with Crippen molar-refractivity contribution in [3.8, 4) is 0 Å². The molecule has 0 heterocycles. The molecular weight excluding hydrogens is 315 g/mol. The molecular formula is C17H17FN2O2S. The average Bonchev–Trinajstić information content (AvgIpc) is 2.59. The summed E-state index contributed by atoms with van der Waals surface area (Å²) in [6, 6.07) is 13.1. The monoisotopic (exact) mass is 332 g/mol. The number of nitrogens with one attached hydrogen (secondary N) is 2. The van der Waals surface area contributed by atoms with Gasteiger partial charge in [-0.1, -0.05) is 19.1 Å². The normalized spacial score (nSPS) is 10.2. The van der Waals surface area contributed by atoms with Crippen molar-refractivity contribution in [2.75, 3.05) is 5.75 Å². The van der Waals surface area contributed by atoms with Gasteiger partial charge in [0.15, 0.2) is 0 Å². The number of amides is 2. The zero-order chi connectivity index (χ0) is 16.7. The third-order valence-corrected chi connectivity index (χ3v) is 4.14. The molecule has 23 heavy (non-hydrogen) atoms. The second-order valence-electron chi connectivity index (χ2n) is 4.80. The first kappa shape index (κ1) is 17.0. The summed E-state index contributed by atoms with van der Waals surface area (Å²) in [4.78, 5) is 24.4. The predicted molar refractivity (Wildman–Crippen MR) is 88.6 cm³/mol. The minimum absolute atomic E-state index is 0.126. The lowest BCUT2D eigenvalue weighted by Gasteiger charge is -2.08. The first-order valence-electron chi connectivity index (χ1n) is 7.15. The van der Waals surface area contributed by atoms with Crippen LogP contribution in [0.25, 0.3) is 0 Å². The van der Waals surface area contributed by atoms with Gasteiger partial charge in [-0.2, -0.15) is 0 Å². The van der Waals surface area contributed by atoms with E-state index in [9.17, 15) is 14.0 Å². The fourth-order valence-corrected chi connectivity index (χ4v) is 2.50. The number of hydrogen-bond donors (Lipinski definition) is 2. The summed E-state index contributed by atoms with van der Waals surface area (Å²) in [6.07, 6.45) is 0.902. The standard InChI is InChI=1S/C17H17FN2O2S/c1-2-12-3-5-13(6-4-12)17(22)20-19-16(21)11-23-15-9-7-14(18)8-10-15/h3-10H,2,11H2,1H3,(H,19,21)(H,20,22). The van der Waals surface area contributed by atoms with Crippen LogP contribution in [-0.2, 0) is 11.2 Å². The van der Waals surface area contributed by atoms with Crippen LogP contribution >= 0.6 is 11.8 Å². The molecule has 2 aromatic carbocycles. The zero-order valence-electron chi connectivity index (χ0n) is 12.6. The molecule has 0 spiro atoms. The summed E-state index contributed by atoms with van der Waals surface area (Å²) in [5.74, 6) is -0.897. The first-order chi connectivity index (χ1) is 11.1. The van der Waals surface area contributed by atoms with E-state index >= 15 is 0 Å². The third kappa shape index (κ3) is 5.41. The van der Waals surface area contributed by atoms with Crippen LogP contribution in [0.15, 0.2) is 53.4 Å². The lowest BCUT2D eigenvalue weighted by Crippen LogP contribution is -2.42. The summed E-state index contributed by atoms with van der Waals surface area (Å²) in [5, 5.41) is 0. The minimum atomic E-state index is -0.368. The van der Waals surface area contributed by atoms with E-state index in [1.807, 2.05) is 19.1 Å². The van der Waals surface area contributed by atoms with E-state index in [2.05, 4.69) is 10.9 Å². The zero-order valence-corrected chi connectivity index (χ0v) is 13.5. The Labute approximate surface area is 138 Å². The first-order valence-corrected chi connectivity index (χ1v) is 8.13. The molecule has 4 nitrogen and oxygen atoms in total. The van der Waals surface area contributed by atoms with Crippen molar-refractivity contribution in [1.82, 2.24) is 10.9 Å². The van der Waals surface area contributed by atoms with E-state index in [-0.39, 0.29) is 23.4 Å². The van der Waals surface area contributed by atoms with Crippen LogP contribution in [0, 0.1) is 5.82 Å². The molecule has 2 rings (SSSR count). The maximum atomic E-state index is 12.8. The summed E-state index contributed by atoms with van der Waals surface area (Å²) in [7, 11) is 0. The molecule has 0 aliphatic rings. The van der Waals surface area contributed by atoms with Crippen molar-refractivity contribution >= 4 is 23.6 Å². The number of hydrazine groups is 1. The molecule has 6 heteroatoms. The van der Waals surface area contributed by atoms with Crippen LogP contribution in [0.2, 0.25) is 0 Å². The molecule has 0 unspecified atom stereocenters. The summed E-state index contributed by atoms with van der Waals surface area (Å²) >= 11 is 1.26. The van der Waals surface area contributed by atoms with Gasteiger partial charge in [-0.15, -0.1) is 11.8 Å². The van der Waals surface area contributed by atoms with Crippen LogP contribution in [0.5, 0.6) is 0 Å². The second kappa shape index (κ2) is 8.33. The van der Waals surface area contributed by atoms with Crippen LogP contribution in [-0.4, -0.2) is 17.6 Å². The van der Waals surface area contributed by atoms with Crippen molar-refractivity contribution in [1.29, 1.82) is 0 Å². The molecule has 2 aromatic rings. The Morgan fingerprint density at radius 2 is 1.65 bits per heavy atom. The van der Waals surface area contributed by atoms with E-state index in [1.54, 1.807) is 24.3 Å². The Kier molecular flexibility index (Phi) is 6.17. The van der Waals surface area contributed by atoms with Gasteiger partial charge in [0.05, 0.1) is 5.75 Å². The van der Waals surface area contributed by atoms with Crippen molar-refractivity contribution in [3.63, 3.8) is 0 Å². The molecule has 0 aliphatic heterocycles. The van der Waals surface area contributed by atoms with E-state index in [0.717, 1.165) is 16.9 Å². The highest BCUT2D eigenvalue weighted by molar-refractivity contribution is 8.00. The number of aryl methyl sites for hydroxylation is 1. The van der Waals surface area contributed by atoms with E-state index in [4.69, 9.17) is 0 Å². The van der Waals surface area contributed by atoms with Crippen molar-refractivity contribution < 1.29 is 14.0 Å². The van der Waals surface area contributed by atoms with E-state index < -0.39 is 0 Å². The molecule has 2 amide bonds. The topological polar surface area (TPSA) is 58.2 Å². The fraction of sp³-hybridized carbons (Fsp3) is 0.176. The summed E-state index contributed by atoms with van der Waals surface area (Å²) in [6.45, 7) is 2.04. The quantitative estimate of drug-likeness (QED) is 0.654. The molecule has 0 radical (unpaired) electrons. The highest BCUT2D eigenvalue weighted by Crippen LogP contribution is 2.17. The van der Waals surface area contributed by atoms with Gasteiger partial charge in [0.2, 0.25) is 5.91 Å². The highest BCUT2D eigenvalue weighted by atomic mass is 32.2. The van der Waals surface area contributed by atoms with Gasteiger partial charge in [0.25, 0.3) is 5.91 Å². The third-order valence-electron chi connectivity index (χ3n) is 3.12. The minimum Gasteiger partial charge on any atom is -0.272 e. The van der Waals surface area contributed by atoms with Gasteiger partial charge >= 0.3 is 0 Å². The molecule has 2 N–H and O–H groups in total. The number of benzene rings is 2. The number of carbonyl (C=O) groups is 2. The maximum Gasteiger partial charge on any atom is 0.269 e. The van der Waals surface area contributed by atoms with Crippen LogP contribution in [0.4, 0.5) is 4.39 Å². The smallest absolute Gasteiger partial charge is 0.269 e. The van der Waals surface area contributed by atoms with Crippen LogP contribution < -0.4 is 10.9 Å². The predicted octanol–water partition coefficient (Wildman–Crippen LogP) is 2.94. The van der Waals surface area contributed by atoms with E-state index in [0.29, 0.717) is 5.56 Å². The van der Waals surface area contributed by atoms with Crippen molar-refractivity contribution in [3.05, 3.63) is 65.5 Å². The van der Waals surface area contributed by atoms with Crippen LogP contribution in [0.1, 0.15) is 22.8 Å². The van der Waals surface area contributed by atoms with Gasteiger partial charge in [0, 0.05) is 10.5 Å². The Bertz CT molecular complexity index is 672. The number of halogens is 1. The Morgan fingerprint density at radius 3 is 2.26 bits per heavy atom. The van der Waals surface area contributed by atoms with Gasteiger partial charge in [-0.05, 0) is 48.4 Å². The molecule has 0 bridgehead atoms. The molecule has 0 saturated heterocycles. The van der Waals surface area contributed by atoms with Crippen molar-refractivity contribution in [2.24, 2.45) is 0 Å². The Morgan fingerprint density at radius 1 is 1.00 bits per heavy atom. The number of rotatable bonds is 5. The summed E-state index contributed by atoms with van der Waals surface area (Å²) in [5.41, 5.74) is 6.35. The van der Waals surface area contributed by atoms with Crippen molar-refractivity contribution in [2.45, 2.75) is 18.2 Å². The summed E-state index contributed by atoms with van der Waals surface area (Å²) < 4.78 is 12.8. The SMILES string of the molecule is CCc1ccc(C(=O)NNC(=O)CSc2ccc(F)cc2)cc1. The molecule has 0 aliphatic carbocycles. The molecule has 0 atom stereocenters. The number of carbonyl (C=O) groups excluding carboxylic acids is 2. The van der Waals surface area contributed by atoms with Gasteiger partial charge < -0.3 is 0 Å². The lowest BCUT2D eigenvalue weighted by atomic mass is 10.1. The lowest BCUT2D eigenvalue weighted by molar-refractivity contribution is -0.119. The number of thioether (sulfide) groups is 1. The molecule has 0 saturated carbocycles. The Balaban J connectivity index is 1.76. The van der Waals surface area contributed by atoms with E-state index in [1.165, 1.54) is 23.9 Å². The second-order valence-corrected chi connectivity index (χ2v) is 5.84. The molecule has 120 valence electrons. The average molecular weight is 332 g/mol. The van der Waals surface area contributed by atoms with Crippen LogP contribution in [0.3, 0.4) is 0 Å². The number of hydrogen-bond acceptors (Lipinski definition) is 3. The fourth-order valence-electron chi connectivity index (χ4n) is 1.81. The molecule has 0 fully saturated rings. The van der Waals surface area contributed by atoms with Gasteiger partial charge in [-0.3, -0.25) is 20.4 Å². The largest absolute Gasteiger partial charge is 0.272 e.